The first kappa shape index (κ1) is 12.2. The van der Waals surface area contributed by atoms with Crippen molar-refractivity contribution >= 4 is 11.6 Å². The first-order valence-electron chi connectivity index (χ1n) is 5.68. The van der Waals surface area contributed by atoms with E-state index in [2.05, 4.69) is 5.10 Å². The molecule has 0 unspecified atom stereocenters. The van der Waals surface area contributed by atoms with Crippen molar-refractivity contribution in [2.45, 2.75) is 13.3 Å². The zero-order valence-corrected chi connectivity index (χ0v) is 10.4. The molecule has 0 bridgehead atoms. The molecule has 0 atom stereocenters. The van der Waals surface area contributed by atoms with Crippen molar-refractivity contribution in [2.24, 2.45) is 7.05 Å². The van der Waals surface area contributed by atoms with Gasteiger partial charge >= 0.3 is 0 Å². The summed E-state index contributed by atoms with van der Waals surface area (Å²) < 4.78 is 1.55. The van der Waals surface area contributed by atoms with Crippen LogP contribution in [0.4, 0.5) is 0 Å². The fourth-order valence-corrected chi connectivity index (χ4v) is 1.73. The molecule has 1 aromatic heterocycles. The minimum absolute atomic E-state index is 0.116. The second kappa shape index (κ2) is 4.96. The number of rotatable bonds is 4. The standard InChI is InChI=1S/C14H14N2O2/c1-10-4-3-5-11(6-10)13(17)7-14(18)12-8-15-16(2)9-12/h3-6,8-9H,7H2,1-2H3. The molecule has 4 heteroatoms. The van der Waals surface area contributed by atoms with E-state index in [1.807, 2.05) is 19.1 Å². The Bertz CT molecular complexity index is 599. The van der Waals surface area contributed by atoms with Gasteiger partial charge in [0.25, 0.3) is 0 Å². The van der Waals surface area contributed by atoms with Gasteiger partial charge in [0.2, 0.25) is 0 Å². The van der Waals surface area contributed by atoms with E-state index in [4.69, 9.17) is 0 Å². The van der Waals surface area contributed by atoms with Crippen molar-refractivity contribution in [1.82, 2.24) is 9.78 Å². The van der Waals surface area contributed by atoms with Crippen LogP contribution in [0.5, 0.6) is 0 Å². The summed E-state index contributed by atoms with van der Waals surface area (Å²) in [6, 6.07) is 7.25. The highest BCUT2D eigenvalue weighted by Crippen LogP contribution is 2.10. The van der Waals surface area contributed by atoms with Gasteiger partial charge in [-0.2, -0.15) is 5.10 Å². The largest absolute Gasteiger partial charge is 0.294 e. The topological polar surface area (TPSA) is 52.0 Å². The van der Waals surface area contributed by atoms with E-state index in [1.165, 1.54) is 6.20 Å². The lowest BCUT2D eigenvalue weighted by Crippen LogP contribution is -2.08. The monoisotopic (exact) mass is 242 g/mol. The third-order valence-electron chi connectivity index (χ3n) is 2.69. The summed E-state index contributed by atoms with van der Waals surface area (Å²) in [6.07, 6.45) is 2.98. The summed E-state index contributed by atoms with van der Waals surface area (Å²) in [5, 5.41) is 3.92. The van der Waals surface area contributed by atoms with E-state index in [0.29, 0.717) is 11.1 Å². The second-order valence-corrected chi connectivity index (χ2v) is 4.30. The van der Waals surface area contributed by atoms with Gasteiger partial charge in [0.15, 0.2) is 11.6 Å². The van der Waals surface area contributed by atoms with Crippen molar-refractivity contribution in [3.63, 3.8) is 0 Å². The molecular formula is C14H14N2O2. The van der Waals surface area contributed by atoms with E-state index in [0.717, 1.165) is 5.56 Å². The number of ketones is 2. The van der Waals surface area contributed by atoms with Gasteiger partial charge in [0, 0.05) is 18.8 Å². The van der Waals surface area contributed by atoms with Gasteiger partial charge < -0.3 is 0 Å². The molecule has 0 amide bonds. The number of benzene rings is 1. The Kier molecular flexibility index (Phi) is 3.37. The van der Waals surface area contributed by atoms with Crippen LogP contribution in [0.1, 0.15) is 32.7 Å². The summed E-state index contributed by atoms with van der Waals surface area (Å²) in [6.45, 7) is 1.92. The van der Waals surface area contributed by atoms with Crippen molar-refractivity contribution in [3.05, 3.63) is 53.3 Å². The maximum Gasteiger partial charge on any atom is 0.173 e. The molecule has 0 radical (unpaired) electrons. The van der Waals surface area contributed by atoms with Crippen LogP contribution in [0.25, 0.3) is 0 Å². The molecule has 1 heterocycles. The van der Waals surface area contributed by atoms with E-state index in [1.54, 1.807) is 30.1 Å². The smallest absolute Gasteiger partial charge is 0.173 e. The fraction of sp³-hybridized carbons (Fsp3) is 0.214. The van der Waals surface area contributed by atoms with Crippen LogP contribution >= 0.6 is 0 Å². The Balaban J connectivity index is 2.10. The first-order valence-corrected chi connectivity index (χ1v) is 5.68. The Morgan fingerprint density at radius 1 is 1.22 bits per heavy atom. The molecule has 0 aliphatic heterocycles. The molecule has 0 aliphatic rings. The van der Waals surface area contributed by atoms with Gasteiger partial charge in [-0.3, -0.25) is 14.3 Å². The SMILES string of the molecule is Cc1cccc(C(=O)CC(=O)c2cnn(C)c2)c1. The normalized spacial score (nSPS) is 10.3. The van der Waals surface area contributed by atoms with Gasteiger partial charge in [0.1, 0.15) is 0 Å². The number of carbonyl (C=O) groups is 2. The highest BCUT2D eigenvalue weighted by atomic mass is 16.1. The summed E-state index contributed by atoms with van der Waals surface area (Å²) in [5.41, 5.74) is 2.06. The van der Waals surface area contributed by atoms with Crippen LogP contribution in [-0.2, 0) is 7.05 Å². The summed E-state index contributed by atoms with van der Waals surface area (Å²) >= 11 is 0. The number of aromatic nitrogens is 2. The van der Waals surface area contributed by atoms with Gasteiger partial charge in [-0.05, 0) is 13.0 Å². The Morgan fingerprint density at radius 2 is 1.94 bits per heavy atom. The molecule has 0 spiro atoms. The highest BCUT2D eigenvalue weighted by molar-refractivity contribution is 6.13. The Morgan fingerprint density at radius 3 is 2.56 bits per heavy atom. The van der Waals surface area contributed by atoms with Crippen molar-refractivity contribution in [1.29, 1.82) is 0 Å². The fourth-order valence-electron chi connectivity index (χ4n) is 1.73. The third kappa shape index (κ3) is 2.71. The number of hydrogen-bond acceptors (Lipinski definition) is 3. The van der Waals surface area contributed by atoms with Crippen molar-refractivity contribution < 1.29 is 9.59 Å². The molecule has 4 nitrogen and oxygen atoms in total. The molecule has 0 N–H and O–H groups in total. The van der Waals surface area contributed by atoms with Crippen LogP contribution in [0.3, 0.4) is 0 Å². The van der Waals surface area contributed by atoms with E-state index >= 15 is 0 Å². The minimum Gasteiger partial charge on any atom is -0.294 e. The average molecular weight is 242 g/mol. The molecular weight excluding hydrogens is 228 g/mol. The maximum absolute atomic E-state index is 11.9. The number of nitrogens with zero attached hydrogens (tertiary/aromatic N) is 2. The van der Waals surface area contributed by atoms with Crippen molar-refractivity contribution in [3.8, 4) is 0 Å². The average Bonchev–Trinajstić information content (AvgIpc) is 2.76. The molecule has 92 valence electrons. The predicted molar refractivity (Wildman–Crippen MR) is 67.7 cm³/mol. The second-order valence-electron chi connectivity index (χ2n) is 4.30. The number of aryl methyl sites for hydroxylation is 2. The van der Waals surface area contributed by atoms with E-state index < -0.39 is 0 Å². The molecule has 0 saturated carbocycles. The molecule has 0 aliphatic carbocycles. The molecule has 0 fully saturated rings. The molecule has 0 saturated heterocycles. The third-order valence-corrected chi connectivity index (χ3v) is 2.69. The number of carbonyl (C=O) groups excluding carboxylic acids is 2. The maximum atomic E-state index is 11.9. The van der Waals surface area contributed by atoms with Crippen LogP contribution in [-0.4, -0.2) is 21.3 Å². The summed E-state index contributed by atoms with van der Waals surface area (Å²) in [7, 11) is 1.74. The number of Topliss-reactive ketones (excluding diaryl/α,β-unsaturated/α-hetero) is 2. The minimum atomic E-state index is -0.199. The lowest BCUT2D eigenvalue weighted by molar-refractivity contribution is 0.0894. The van der Waals surface area contributed by atoms with Gasteiger partial charge in [-0.15, -0.1) is 0 Å². The zero-order chi connectivity index (χ0) is 13.1. The van der Waals surface area contributed by atoms with Gasteiger partial charge in [0.05, 0.1) is 18.2 Å². The van der Waals surface area contributed by atoms with Crippen molar-refractivity contribution in [2.75, 3.05) is 0 Å². The lowest BCUT2D eigenvalue weighted by atomic mass is 10.0. The van der Waals surface area contributed by atoms with Gasteiger partial charge in [-0.25, -0.2) is 0 Å². The summed E-state index contributed by atoms with van der Waals surface area (Å²) in [5.74, 6) is -0.359. The van der Waals surface area contributed by atoms with Gasteiger partial charge in [-0.1, -0.05) is 23.8 Å². The van der Waals surface area contributed by atoms with Crippen LogP contribution in [0.15, 0.2) is 36.7 Å². The van der Waals surface area contributed by atoms with E-state index in [9.17, 15) is 9.59 Å². The Labute approximate surface area is 105 Å². The molecule has 18 heavy (non-hydrogen) atoms. The highest BCUT2D eigenvalue weighted by Gasteiger charge is 2.14. The molecule has 1 aromatic carbocycles. The van der Waals surface area contributed by atoms with Crippen LogP contribution in [0.2, 0.25) is 0 Å². The molecule has 2 rings (SSSR count). The molecule has 2 aromatic rings. The van der Waals surface area contributed by atoms with Crippen LogP contribution < -0.4 is 0 Å². The summed E-state index contributed by atoms with van der Waals surface area (Å²) in [4.78, 5) is 23.8. The number of hydrogen-bond donors (Lipinski definition) is 0. The first-order chi connectivity index (χ1) is 8.56. The lowest BCUT2D eigenvalue weighted by Gasteiger charge is -2.00. The Hall–Kier alpha value is -2.23. The zero-order valence-electron chi connectivity index (χ0n) is 10.4. The predicted octanol–water partition coefficient (Wildman–Crippen LogP) is 2.18. The van der Waals surface area contributed by atoms with E-state index in [-0.39, 0.29) is 18.0 Å². The van der Waals surface area contributed by atoms with Crippen LogP contribution in [0, 0.1) is 6.92 Å². The quantitative estimate of drug-likeness (QED) is 0.610.